The molecule has 42 heavy (non-hydrogen) atoms. The number of aromatic nitrogens is 4. The summed E-state index contributed by atoms with van der Waals surface area (Å²) in [4.78, 5) is 43.6. The summed E-state index contributed by atoms with van der Waals surface area (Å²) < 4.78 is 51.5. The summed E-state index contributed by atoms with van der Waals surface area (Å²) in [6.45, 7) is 4.55. The molecule has 0 amide bonds. The van der Waals surface area contributed by atoms with Crippen LogP contribution in [0, 0.1) is 0 Å². The van der Waals surface area contributed by atoms with E-state index in [0.29, 0.717) is 5.52 Å². The molecule has 4 rings (SSSR count). The lowest BCUT2D eigenvalue weighted by atomic mass is 10.3. The highest BCUT2D eigenvalue weighted by molar-refractivity contribution is 7.57. The highest BCUT2D eigenvalue weighted by Crippen LogP contribution is 2.45. The van der Waals surface area contributed by atoms with E-state index in [1.165, 1.54) is 31.1 Å². The minimum absolute atomic E-state index is 0.143. The van der Waals surface area contributed by atoms with Gasteiger partial charge in [-0.3, -0.25) is 23.5 Å². The van der Waals surface area contributed by atoms with Crippen molar-refractivity contribution < 1.29 is 47.2 Å². The van der Waals surface area contributed by atoms with Crippen molar-refractivity contribution in [1.82, 2.24) is 24.6 Å². The number of hydrogen-bond donors (Lipinski definition) is 3. The van der Waals surface area contributed by atoms with Gasteiger partial charge in [-0.2, -0.15) is 0 Å². The lowest BCUT2D eigenvalue weighted by molar-refractivity contribution is -0.145. The Morgan fingerprint density at radius 3 is 2.57 bits per heavy atom. The Morgan fingerprint density at radius 1 is 1.24 bits per heavy atom. The number of hydrogen-bond acceptors (Lipinski definition) is 12. The summed E-state index contributed by atoms with van der Waals surface area (Å²) >= 11 is 0. The molecule has 3 aromatic rings. The van der Waals surface area contributed by atoms with Gasteiger partial charge in [0.2, 0.25) is 0 Å². The number of carbonyl (C=O) groups excluding carboxylic acids is 2. The van der Waals surface area contributed by atoms with E-state index < -0.39 is 50.2 Å². The maximum atomic E-state index is 14.8. The maximum absolute atomic E-state index is 14.8. The fourth-order valence-electron chi connectivity index (χ4n) is 3.51. The lowest BCUT2D eigenvalue weighted by Crippen LogP contribution is -2.36. The van der Waals surface area contributed by atoms with Gasteiger partial charge in [0.25, 0.3) is 0 Å². The van der Waals surface area contributed by atoms with Crippen molar-refractivity contribution in [2.24, 2.45) is 0 Å². The Morgan fingerprint density at radius 2 is 1.95 bits per heavy atom. The van der Waals surface area contributed by atoms with Gasteiger partial charge in [0.05, 0.1) is 12.9 Å². The fourth-order valence-corrected chi connectivity index (χ4v) is 5.19. The van der Waals surface area contributed by atoms with Crippen LogP contribution in [0.1, 0.15) is 33.4 Å². The number of fused-ring (bicyclic) bond motifs is 1. The number of anilines is 1. The number of Topliss-reactive ketones (excluding diaryl/α,β-unsaturated/α-hetero) is 1. The second-order valence-corrected chi connectivity index (χ2v) is 10.8. The highest BCUT2D eigenvalue weighted by atomic mass is 31.2. The summed E-state index contributed by atoms with van der Waals surface area (Å²) in [5, 5.41) is 10.5. The molecule has 0 saturated heterocycles. The first-order valence-corrected chi connectivity index (χ1v) is 14.3. The second kappa shape index (κ2) is 14.6. The molecule has 0 unspecified atom stereocenters. The van der Waals surface area contributed by atoms with Crippen molar-refractivity contribution in [3.05, 3.63) is 54.9 Å². The molecule has 3 heterocycles. The van der Waals surface area contributed by atoms with Crippen LogP contribution in [0.5, 0.6) is 5.75 Å². The average Bonchev–Trinajstić information content (AvgIpc) is 3.51. The van der Waals surface area contributed by atoms with E-state index in [1.54, 1.807) is 37.3 Å². The Kier molecular flexibility index (Phi) is 11.2. The molecule has 4 N–H and O–H groups in total. The SMILES string of the molecule is CC(=O)CC(=O)O.CCOC(=O)[C@H](C)N[P@](=O)(CO[C@@H]1C=C(F)[C@H](n2cnc3c(N)ncnc32)O1)Oc1ccccc1. The predicted molar refractivity (Wildman–Crippen MR) is 146 cm³/mol. The molecule has 4 atom stereocenters. The topological polar surface area (TPSA) is 207 Å². The monoisotopic (exact) mass is 608 g/mol. The summed E-state index contributed by atoms with van der Waals surface area (Å²) in [6, 6.07) is 7.40. The van der Waals surface area contributed by atoms with E-state index in [-0.39, 0.29) is 36.0 Å². The normalized spacial score (nSPS) is 18.2. The van der Waals surface area contributed by atoms with Crippen LogP contribution in [0.4, 0.5) is 10.2 Å². The summed E-state index contributed by atoms with van der Waals surface area (Å²) in [7, 11) is -3.83. The Hall–Kier alpha value is -4.24. The van der Waals surface area contributed by atoms with Crippen LogP contribution >= 0.6 is 7.52 Å². The fraction of sp³-hybridized carbons (Fsp3) is 0.360. The van der Waals surface area contributed by atoms with Crippen LogP contribution in [-0.2, 0) is 33.2 Å². The first-order chi connectivity index (χ1) is 19.9. The number of nitrogens with one attached hydrogen (secondary N) is 1. The molecule has 226 valence electrons. The number of carboxylic acids is 1. The van der Waals surface area contributed by atoms with Gasteiger partial charge in [-0.1, -0.05) is 18.2 Å². The van der Waals surface area contributed by atoms with Crippen LogP contribution in [-0.4, -0.2) is 67.6 Å². The Balaban J connectivity index is 0.000000616. The molecular weight excluding hydrogens is 578 g/mol. The number of para-hydroxylation sites is 1. The molecule has 0 saturated carbocycles. The number of halogens is 1. The van der Waals surface area contributed by atoms with Crippen molar-refractivity contribution >= 4 is 42.2 Å². The van der Waals surface area contributed by atoms with Gasteiger partial charge >= 0.3 is 19.5 Å². The van der Waals surface area contributed by atoms with E-state index in [1.807, 2.05) is 0 Å². The predicted octanol–water partition coefficient (Wildman–Crippen LogP) is 2.95. The average molecular weight is 609 g/mol. The number of carboxylic acid groups (broad SMARTS) is 1. The molecule has 0 bridgehead atoms. The molecule has 1 aromatic carbocycles. The lowest BCUT2D eigenvalue weighted by Gasteiger charge is -2.24. The van der Waals surface area contributed by atoms with Crippen LogP contribution in [0.25, 0.3) is 11.2 Å². The van der Waals surface area contributed by atoms with Gasteiger partial charge in [-0.15, -0.1) is 0 Å². The van der Waals surface area contributed by atoms with Gasteiger partial charge in [-0.25, -0.2) is 24.4 Å². The smallest absolute Gasteiger partial charge is 0.342 e. The number of nitrogen functional groups attached to an aromatic ring is 1. The first kappa shape index (κ1) is 32.3. The third-order valence-corrected chi connectivity index (χ3v) is 7.04. The van der Waals surface area contributed by atoms with Gasteiger partial charge in [0, 0.05) is 6.08 Å². The molecule has 1 aliphatic heterocycles. The van der Waals surface area contributed by atoms with Crippen molar-refractivity contribution in [1.29, 1.82) is 0 Å². The maximum Gasteiger partial charge on any atom is 0.342 e. The van der Waals surface area contributed by atoms with E-state index in [0.717, 1.165) is 6.08 Å². The molecule has 2 aromatic heterocycles. The zero-order chi connectivity index (χ0) is 30.9. The van der Waals surface area contributed by atoms with Crippen molar-refractivity contribution in [3.8, 4) is 5.75 Å². The van der Waals surface area contributed by atoms with Crippen LogP contribution in [0.15, 0.2) is 54.9 Å². The molecule has 0 aliphatic carbocycles. The van der Waals surface area contributed by atoms with E-state index in [9.17, 15) is 23.3 Å². The van der Waals surface area contributed by atoms with Crippen molar-refractivity contribution in [3.63, 3.8) is 0 Å². The largest absolute Gasteiger partial charge is 0.481 e. The zero-order valence-electron chi connectivity index (χ0n) is 22.9. The van der Waals surface area contributed by atoms with Crippen molar-refractivity contribution in [2.75, 3.05) is 18.7 Å². The first-order valence-electron chi connectivity index (χ1n) is 12.5. The Bertz CT molecular complexity index is 1470. The van der Waals surface area contributed by atoms with Gasteiger partial charge in [0.15, 0.2) is 36.2 Å². The van der Waals surface area contributed by atoms with Crippen molar-refractivity contribution in [2.45, 2.75) is 45.8 Å². The number of rotatable bonds is 12. The van der Waals surface area contributed by atoms with Crippen LogP contribution in [0.2, 0.25) is 0 Å². The number of carbonyl (C=O) groups is 3. The van der Waals surface area contributed by atoms with Gasteiger partial charge in [-0.05, 0) is 32.9 Å². The van der Waals surface area contributed by atoms with E-state index >= 15 is 0 Å². The standard InChI is InChI=1S/C21H24FN6O6P.C4H6O3/c1-3-31-21(29)13(2)27-35(30,34-14-7-5-4-6-8-14)12-32-16-9-15(22)20(33-16)28-11-26-17-18(23)24-10-25-19(17)28;1-3(5)2-4(6)7/h4-11,13,16,20H,3,12H2,1-2H3,(H,27,30)(H2,23,24,25);2H2,1H3,(H,6,7)/t13-,16-,20+,35-;/m0./s1. The number of esters is 1. The van der Waals surface area contributed by atoms with Gasteiger partial charge in [0.1, 0.15) is 35.8 Å². The van der Waals surface area contributed by atoms with E-state index in [2.05, 4.69) is 20.0 Å². The molecule has 1 aliphatic rings. The number of nitrogens with two attached hydrogens (primary N) is 1. The Labute approximate surface area is 239 Å². The molecule has 0 radical (unpaired) electrons. The van der Waals surface area contributed by atoms with Crippen LogP contribution < -0.4 is 15.3 Å². The number of ketones is 1. The third kappa shape index (κ3) is 8.88. The van der Waals surface area contributed by atoms with Crippen LogP contribution in [0.3, 0.4) is 0 Å². The number of benzene rings is 1. The quantitative estimate of drug-likeness (QED) is 0.154. The molecule has 0 spiro atoms. The molecule has 17 heteroatoms. The highest BCUT2D eigenvalue weighted by Gasteiger charge is 2.36. The number of imidazole rings is 1. The second-order valence-electron chi connectivity index (χ2n) is 8.74. The molecular formula is C25H30FN6O9P. The number of ether oxygens (including phenoxy) is 3. The summed E-state index contributed by atoms with van der Waals surface area (Å²) in [6.07, 6.45) is 0.315. The van der Waals surface area contributed by atoms with Gasteiger partial charge < -0.3 is 29.6 Å². The molecule has 15 nitrogen and oxygen atoms in total. The molecule has 0 fully saturated rings. The number of aliphatic carboxylic acids is 1. The number of nitrogens with zero attached hydrogens (tertiary/aromatic N) is 4. The minimum atomic E-state index is -3.83. The summed E-state index contributed by atoms with van der Waals surface area (Å²) in [5.41, 5.74) is 6.35. The summed E-state index contributed by atoms with van der Waals surface area (Å²) in [5.74, 6) is -2.22. The third-order valence-electron chi connectivity index (χ3n) is 5.27. The van der Waals surface area contributed by atoms with E-state index in [4.69, 9.17) is 29.6 Å². The minimum Gasteiger partial charge on any atom is -0.481 e. The zero-order valence-corrected chi connectivity index (χ0v) is 23.8.